The number of carbonyl (C=O) groups excluding carboxylic acids is 1. The fourth-order valence-corrected chi connectivity index (χ4v) is 2.96. The summed E-state index contributed by atoms with van der Waals surface area (Å²) in [7, 11) is 0. The first kappa shape index (κ1) is 16.3. The highest BCUT2D eigenvalue weighted by molar-refractivity contribution is 5.67. The normalized spacial score (nSPS) is 21.7. The molecule has 1 unspecified atom stereocenters. The van der Waals surface area contributed by atoms with Crippen molar-refractivity contribution in [1.29, 1.82) is 0 Å². The topological polar surface area (TPSA) is 50.8 Å². The van der Waals surface area contributed by atoms with Gasteiger partial charge in [-0.1, -0.05) is 36.8 Å². The van der Waals surface area contributed by atoms with Gasteiger partial charge in [0.2, 0.25) is 0 Å². The average Bonchev–Trinajstić information content (AvgIpc) is 2.56. The van der Waals surface area contributed by atoms with Crippen LogP contribution in [0.3, 0.4) is 0 Å². The summed E-state index contributed by atoms with van der Waals surface area (Å²) >= 11 is 0. The van der Waals surface area contributed by atoms with Gasteiger partial charge in [0.25, 0.3) is 0 Å². The van der Waals surface area contributed by atoms with Crippen LogP contribution in [0.15, 0.2) is 30.3 Å². The minimum atomic E-state index is -0.249. The number of hydrogen-bond donors (Lipinski definition) is 1. The van der Waals surface area contributed by atoms with Crippen molar-refractivity contribution in [2.75, 3.05) is 32.8 Å². The average molecular weight is 318 g/mol. The van der Waals surface area contributed by atoms with E-state index in [9.17, 15) is 4.79 Å². The Kier molecular flexibility index (Phi) is 5.88. The summed E-state index contributed by atoms with van der Waals surface area (Å²) in [6, 6.07) is 9.76. The molecule has 0 spiro atoms. The third-order valence-corrected chi connectivity index (χ3v) is 4.63. The summed E-state index contributed by atoms with van der Waals surface area (Å²) in [6.45, 7) is 3.98. The van der Waals surface area contributed by atoms with Crippen molar-refractivity contribution < 1.29 is 14.3 Å². The van der Waals surface area contributed by atoms with E-state index in [2.05, 4.69) is 5.32 Å². The summed E-state index contributed by atoms with van der Waals surface area (Å²) in [5.74, 6) is 0.838. The number of rotatable bonds is 6. The molecular formula is C18H26N2O3. The maximum absolute atomic E-state index is 12.2. The number of carbonyl (C=O) groups is 1. The van der Waals surface area contributed by atoms with Crippen LogP contribution in [0.2, 0.25) is 0 Å². The highest BCUT2D eigenvalue weighted by atomic mass is 16.6. The number of nitrogens with one attached hydrogen (secondary N) is 1. The molecule has 5 heteroatoms. The molecule has 1 aromatic carbocycles. The quantitative estimate of drug-likeness (QED) is 0.875. The molecule has 0 radical (unpaired) electrons. The van der Waals surface area contributed by atoms with Crippen molar-refractivity contribution in [3.8, 4) is 0 Å². The molecule has 1 amide bonds. The second-order valence-corrected chi connectivity index (χ2v) is 6.43. The zero-order chi connectivity index (χ0) is 15.9. The molecule has 23 heavy (non-hydrogen) atoms. The molecule has 3 rings (SSSR count). The summed E-state index contributed by atoms with van der Waals surface area (Å²) in [4.78, 5) is 13.9. The minimum absolute atomic E-state index is 0.0631. The molecule has 1 aromatic rings. The Morgan fingerprint density at radius 1 is 1.26 bits per heavy atom. The van der Waals surface area contributed by atoms with Gasteiger partial charge in [0.05, 0.1) is 19.3 Å². The van der Waals surface area contributed by atoms with E-state index in [-0.39, 0.29) is 12.2 Å². The lowest BCUT2D eigenvalue weighted by atomic mass is 9.85. The van der Waals surface area contributed by atoms with Gasteiger partial charge in [-0.15, -0.1) is 0 Å². The van der Waals surface area contributed by atoms with E-state index in [0.717, 1.165) is 24.6 Å². The van der Waals surface area contributed by atoms with Gasteiger partial charge in [-0.25, -0.2) is 4.79 Å². The predicted molar refractivity (Wildman–Crippen MR) is 88.2 cm³/mol. The second kappa shape index (κ2) is 8.31. The number of morpholine rings is 1. The highest BCUT2D eigenvalue weighted by Gasteiger charge is 2.25. The van der Waals surface area contributed by atoms with Gasteiger partial charge in [0, 0.05) is 13.1 Å². The summed E-state index contributed by atoms with van der Waals surface area (Å²) < 4.78 is 11.1. The van der Waals surface area contributed by atoms with E-state index in [1.54, 1.807) is 4.90 Å². The van der Waals surface area contributed by atoms with Crippen molar-refractivity contribution in [2.24, 2.45) is 5.92 Å². The molecule has 0 bridgehead atoms. The molecule has 1 saturated carbocycles. The molecule has 2 aliphatic rings. The molecular weight excluding hydrogens is 292 g/mol. The maximum atomic E-state index is 12.2. The smallest absolute Gasteiger partial charge is 0.410 e. The molecule has 1 N–H and O–H groups in total. The van der Waals surface area contributed by atoms with Gasteiger partial charge < -0.3 is 19.7 Å². The third-order valence-electron chi connectivity index (χ3n) is 4.63. The molecule has 2 fully saturated rings. The Morgan fingerprint density at radius 3 is 2.83 bits per heavy atom. The molecule has 1 aliphatic carbocycles. The molecule has 126 valence electrons. The van der Waals surface area contributed by atoms with E-state index in [4.69, 9.17) is 9.47 Å². The number of nitrogens with zero attached hydrogens (tertiary/aromatic N) is 1. The van der Waals surface area contributed by atoms with Crippen molar-refractivity contribution in [3.05, 3.63) is 35.9 Å². The Labute approximate surface area is 137 Å². The number of benzene rings is 1. The van der Waals surface area contributed by atoms with E-state index in [1.807, 2.05) is 30.3 Å². The van der Waals surface area contributed by atoms with Crippen molar-refractivity contribution in [3.63, 3.8) is 0 Å². The molecule has 1 aliphatic heterocycles. The zero-order valence-electron chi connectivity index (χ0n) is 13.6. The summed E-state index contributed by atoms with van der Waals surface area (Å²) in [5.41, 5.74) is 1.01. The molecule has 1 saturated heterocycles. The van der Waals surface area contributed by atoms with Crippen LogP contribution in [0.4, 0.5) is 4.79 Å². The third kappa shape index (κ3) is 4.94. The Bertz CT molecular complexity index is 490. The Balaban J connectivity index is 1.37. The van der Waals surface area contributed by atoms with E-state index in [1.165, 1.54) is 19.3 Å². The van der Waals surface area contributed by atoms with E-state index >= 15 is 0 Å². The van der Waals surface area contributed by atoms with Crippen LogP contribution in [0.1, 0.15) is 24.8 Å². The molecule has 0 aromatic heterocycles. The van der Waals surface area contributed by atoms with Crippen molar-refractivity contribution in [2.45, 2.75) is 32.0 Å². The molecule has 1 heterocycles. The number of amides is 1. The first-order valence-corrected chi connectivity index (χ1v) is 8.59. The summed E-state index contributed by atoms with van der Waals surface area (Å²) in [6.07, 6.45) is 3.87. The molecule has 1 atom stereocenters. The van der Waals surface area contributed by atoms with Gasteiger partial charge in [-0.2, -0.15) is 0 Å². The lowest BCUT2D eigenvalue weighted by molar-refractivity contribution is -0.0275. The van der Waals surface area contributed by atoms with Crippen LogP contribution in [-0.4, -0.2) is 49.9 Å². The SMILES string of the molecule is O=C(OCc1ccccc1)N1CCOC(CNCC2CCC2)C1. The van der Waals surface area contributed by atoms with Crippen molar-refractivity contribution in [1.82, 2.24) is 10.2 Å². The van der Waals surface area contributed by atoms with Crippen LogP contribution in [0, 0.1) is 5.92 Å². The van der Waals surface area contributed by atoms with Crippen LogP contribution in [0.5, 0.6) is 0 Å². The predicted octanol–water partition coefficient (Wildman–Crippen LogP) is 2.41. The fraction of sp³-hybridized carbons (Fsp3) is 0.611. The van der Waals surface area contributed by atoms with Gasteiger partial charge in [0.15, 0.2) is 0 Å². The van der Waals surface area contributed by atoms with Crippen LogP contribution >= 0.6 is 0 Å². The van der Waals surface area contributed by atoms with Gasteiger partial charge >= 0.3 is 6.09 Å². The van der Waals surface area contributed by atoms with E-state index in [0.29, 0.717) is 26.3 Å². The van der Waals surface area contributed by atoms with Gasteiger partial charge in [-0.05, 0) is 30.9 Å². The van der Waals surface area contributed by atoms with Gasteiger partial charge in [0.1, 0.15) is 6.61 Å². The fourth-order valence-electron chi connectivity index (χ4n) is 2.96. The standard InChI is InChI=1S/C18H26N2O3/c21-18(23-14-16-5-2-1-3-6-16)20-9-10-22-17(13-20)12-19-11-15-7-4-8-15/h1-3,5-6,15,17,19H,4,7-14H2. The maximum Gasteiger partial charge on any atom is 0.410 e. The van der Waals surface area contributed by atoms with E-state index < -0.39 is 0 Å². The summed E-state index contributed by atoms with van der Waals surface area (Å²) in [5, 5.41) is 3.47. The van der Waals surface area contributed by atoms with Crippen LogP contribution in [0.25, 0.3) is 0 Å². The second-order valence-electron chi connectivity index (χ2n) is 6.43. The lowest BCUT2D eigenvalue weighted by Crippen LogP contribution is -2.49. The zero-order valence-corrected chi connectivity index (χ0v) is 13.6. The van der Waals surface area contributed by atoms with Crippen LogP contribution < -0.4 is 5.32 Å². The first-order valence-electron chi connectivity index (χ1n) is 8.59. The minimum Gasteiger partial charge on any atom is -0.445 e. The Morgan fingerprint density at radius 2 is 2.09 bits per heavy atom. The lowest BCUT2D eigenvalue weighted by Gasteiger charge is -2.33. The van der Waals surface area contributed by atoms with Gasteiger partial charge in [-0.3, -0.25) is 0 Å². The molecule has 5 nitrogen and oxygen atoms in total. The Hall–Kier alpha value is -1.59. The van der Waals surface area contributed by atoms with Crippen molar-refractivity contribution >= 4 is 6.09 Å². The monoisotopic (exact) mass is 318 g/mol. The largest absolute Gasteiger partial charge is 0.445 e. The number of ether oxygens (including phenoxy) is 2. The first-order chi connectivity index (χ1) is 11.3. The van der Waals surface area contributed by atoms with Crippen LogP contribution in [-0.2, 0) is 16.1 Å². The highest BCUT2D eigenvalue weighted by Crippen LogP contribution is 2.25. The number of hydrogen-bond acceptors (Lipinski definition) is 4.